The molecule has 3 aromatic rings. The zero-order valence-corrected chi connectivity index (χ0v) is 15.7. The number of methoxy groups -OCH3 is 1. The first-order valence-electron chi connectivity index (χ1n) is 7.81. The van der Waals surface area contributed by atoms with Crippen molar-refractivity contribution in [3.63, 3.8) is 0 Å². The SMILES string of the molecule is COc1ccc(Sc2ccc(C(=O)c3ccccc3)c(SC)c2)cc1. The maximum absolute atomic E-state index is 12.7. The molecule has 0 N–H and O–H groups in total. The van der Waals surface area contributed by atoms with Crippen LogP contribution in [0.15, 0.2) is 87.5 Å². The monoisotopic (exact) mass is 366 g/mol. The Bertz CT molecular complexity index is 859. The third kappa shape index (κ3) is 4.27. The Morgan fingerprint density at radius 3 is 2.20 bits per heavy atom. The van der Waals surface area contributed by atoms with Gasteiger partial charge in [-0.25, -0.2) is 0 Å². The molecule has 0 unspecified atom stereocenters. The van der Waals surface area contributed by atoms with Gasteiger partial charge in [-0.1, -0.05) is 42.1 Å². The molecule has 25 heavy (non-hydrogen) atoms. The van der Waals surface area contributed by atoms with Gasteiger partial charge in [0.25, 0.3) is 0 Å². The summed E-state index contributed by atoms with van der Waals surface area (Å²) in [5.41, 5.74) is 1.46. The summed E-state index contributed by atoms with van der Waals surface area (Å²) in [6, 6.07) is 23.4. The van der Waals surface area contributed by atoms with Crippen molar-refractivity contribution in [2.75, 3.05) is 13.4 Å². The summed E-state index contributed by atoms with van der Waals surface area (Å²) in [4.78, 5) is 16.0. The molecular weight excluding hydrogens is 348 g/mol. The Labute approximate surface area is 156 Å². The van der Waals surface area contributed by atoms with Crippen molar-refractivity contribution < 1.29 is 9.53 Å². The lowest BCUT2D eigenvalue weighted by molar-refractivity contribution is 0.103. The first-order chi connectivity index (χ1) is 12.2. The number of thioether (sulfide) groups is 1. The van der Waals surface area contributed by atoms with Crippen LogP contribution in [0.1, 0.15) is 15.9 Å². The van der Waals surface area contributed by atoms with Crippen LogP contribution in [0.3, 0.4) is 0 Å². The van der Waals surface area contributed by atoms with Crippen molar-refractivity contribution in [3.05, 3.63) is 83.9 Å². The van der Waals surface area contributed by atoms with E-state index in [1.54, 1.807) is 30.6 Å². The van der Waals surface area contributed by atoms with Gasteiger partial charge in [0, 0.05) is 25.8 Å². The van der Waals surface area contributed by atoms with Gasteiger partial charge in [-0.05, 0) is 48.7 Å². The van der Waals surface area contributed by atoms with E-state index in [-0.39, 0.29) is 5.78 Å². The van der Waals surface area contributed by atoms with Crippen molar-refractivity contribution in [2.24, 2.45) is 0 Å². The van der Waals surface area contributed by atoms with E-state index in [9.17, 15) is 4.79 Å². The maximum Gasteiger partial charge on any atom is 0.194 e. The van der Waals surface area contributed by atoms with E-state index in [1.807, 2.05) is 73.0 Å². The van der Waals surface area contributed by atoms with Crippen LogP contribution in [0.5, 0.6) is 5.75 Å². The molecule has 3 rings (SSSR count). The highest BCUT2D eigenvalue weighted by molar-refractivity contribution is 7.99. The molecule has 0 radical (unpaired) electrons. The molecule has 0 aliphatic rings. The Balaban J connectivity index is 1.85. The molecule has 0 fully saturated rings. The van der Waals surface area contributed by atoms with Gasteiger partial charge in [0.1, 0.15) is 5.75 Å². The van der Waals surface area contributed by atoms with E-state index in [4.69, 9.17) is 4.74 Å². The first-order valence-corrected chi connectivity index (χ1v) is 9.85. The number of hydrogen-bond donors (Lipinski definition) is 0. The van der Waals surface area contributed by atoms with Crippen LogP contribution in [0.25, 0.3) is 0 Å². The molecule has 0 bridgehead atoms. The van der Waals surface area contributed by atoms with Gasteiger partial charge in [-0.3, -0.25) is 4.79 Å². The minimum Gasteiger partial charge on any atom is -0.497 e. The average molecular weight is 367 g/mol. The van der Waals surface area contributed by atoms with Crippen molar-refractivity contribution >= 4 is 29.3 Å². The Morgan fingerprint density at radius 1 is 0.880 bits per heavy atom. The zero-order chi connectivity index (χ0) is 17.6. The van der Waals surface area contributed by atoms with E-state index < -0.39 is 0 Å². The first kappa shape index (κ1) is 17.6. The number of carbonyl (C=O) groups is 1. The van der Waals surface area contributed by atoms with Crippen molar-refractivity contribution in [1.29, 1.82) is 0 Å². The molecule has 4 heteroatoms. The highest BCUT2D eigenvalue weighted by Crippen LogP contribution is 2.33. The minimum atomic E-state index is 0.0611. The highest BCUT2D eigenvalue weighted by Gasteiger charge is 2.14. The molecule has 0 heterocycles. The van der Waals surface area contributed by atoms with Crippen LogP contribution < -0.4 is 4.74 Å². The van der Waals surface area contributed by atoms with Gasteiger partial charge in [0.05, 0.1) is 7.11 Å². The predicted octanol–water partition coefficient (Wildman–Crippen LogP) is 5.80. The second kappa shape index (κ2) is 8.28. The lowest BCUT2D eigenvalue weighted by atomic mass is 10.0. The third-order valence-electron chi connectivity index (χ3n) is 3.75. The lowest BCUT2D eigenvalue weighted by Crippen LogP contribution is -2.02. The fraction of sp³-hybridized carbons (Fsp3) is 0.0952. The summed E-state index contributed by atoms with van der Waals surface area (Å²) >= 11 is 3.27. The molecule has 0 spiro atoms. The van der Waals surface area contributed by atoms with Gasteiger partial charge >= 0.3 is 0 Å². The fourth-order valence-electron chi connectivity index (χ4n) is 2.45. The Morgan fingerprint density at radius 2 is 1.56 bits per heavy atom. The quantitative estimate of drug-likeness (QED) is 0.407. The number of carbonyl (C=O) groups excluding carboxylic acids is 1. The molecule has 3 aromatic carbocycles. The minimum absolute atomic E-state index is 0.0611. The molecule has 0 aliphatic carbocycles. The molecule has 0 aliphatic heterocycles. The molecule has 0 aromatic heterocycles. The third-order valence-corrected chi connectivity index (χ3v) is 5.52. The summed E-state index contributed by atoms with van der Waals surface area (Å²) in [6.45, 7) is 0. The van der Waals surface area contributed by atoms with E-state index in [0.29, 0.717) is 5.56 Å². The Hall–Kier alpha value is -2.17. The largest absolute Gasteiger partial charge is 0.497 e. The summed E-state index contributed by atoms with van der Waals surface area (Å²) in [7, 11) is 1.66. The summed E-state index contributed by atoms with van der Waals surface area (Å²) in [5, 5.41) is 0. The molecular formula is C21H18O2S2. The standard InChI is InChI=1S/C21H18O2S2/c1-23-16-8-10-17(11-9-16)25-18-12-13-19(20(14-18)24-2)21(22)15-6-4-3-5-7-15/h3-14H,1-2H3. The van der Waals surface area contributed by atoms with Crippen LogP contribution >= 0.6 is 23.5 Å². The van der Waals surface area contributed by atoms with E-state index >= 15 is 0 Å². The lowest BCUT2D eigenvalue weighted by Gasteiger charge is -2.10. The van der Waals surface area contributed by atoms with E-state index in [0.717, 1.165) is 26.0 Å². The Kier molecular flexibility index (Phi) is 5.84. The second-order valence-corrected chi connectivity index (χ2v) is 7.33. The predicted molar refractivity (Wildman–Crippen MR) is 105 cm³/mol. The van der Waals surface area contributed by atoms with Crippen LogP contribution in [-0.2, 0) is 0 Å². The number of benzene rings is 3. The van der Waals surface area contributed by atoms with E-state index in [2.05, 4.69) is 6.07 Å². The second-order valence-electron chi connectivity index (χ2n) is 5.33. The van der Waals surface area contributed by atoms with Crippen molar-refractivity contribution in [3.8, 4) is 5.75 Å². The number of ether oxygens (including phenoxy) is 1. The van der Waals surface area contributed by atoms with Gasteiger partial charge in [-0.2, -0.15) is 0 Å². The molecule has 2 nitrogen and oxygen atoms in total. The van der Waals surface area contributed by atoms with Gasteiger partial charge in [0.15, 0.2) is 5.78 Å². The number of rotatable bonds is 6. The molecule has 0 saturated heterocycles. The number of hydrogen-bond acceptors (Lipinski definition) is 4. The zero-order valence-electron chi connectivity index (χ0n) is 14.1. The van der Waals surface area contributed by atoms with Gasteiger partial charge in [-0.15, -0.1) is 11.8 Å². The van der Waals surface area contributed by atoms with Crippen LogP contribution in [-0.4, -0.2) is 19.1 Å². The van der Waals surface area contributed by atoms with Crippen molar-refractivity contribution in [1.82, 2.24) is 0 Å². The maximum atomic E-state index is 12.7. The van der Waals surface area contributed by atoms with Crippen molar-refractivity contribution in [2.45, 2.75) is 14.7 Å². The van der Waals surface area contributed by atoms with Crippen LogP contribution in [0.2, 0.25) is 0 Å². The summed E-state index contributed by atoms with van der Waals surface area (Å²) in [5.74, 6) is 0.906. The average Bonchev–Trinajstić information content (AvgIpc) is 2.68. The molecule has 0 saturated carbocycles. The normalized spacial score (nSPS) is 10.5. The highest BCUT2D eigenvalue weighted by atomic mass is 32.2. The fourth-order valence-corrected chi connectivity index (χ4v) is 4.00. The molecule has 0 amide bonds. The van der Waals surface area contributed by atoms with Crippen LogP contribution in [0, 0.1) is 0 Å². The van der Waals surface area contributed by atoms with E-state index in [1.165, 1.54) is 0 Å². The van der Waals surface area contributed by atoms with Gasteiger partial charge < -0.3 is 4.74 Å². The van der Waals surface area contributed by atoms with Crippen LogP contribution in [0.4, 0.5) is 0 Å². The topological polar surface area (TPSA) is 26.3 Å². The summed E-state index contributed by atoms with van der Waals surface area (Å²) < 4.78 is 5.19. The smallest absolute Gasteiger partial charge is 0.194 e. The molecule has 0 atom stereocenters. The number of ketones is 1. The van der Waals surface area contributed by atoms with Gasteiger partial charge in [0.2, 0.25) is 0 Å². The summed E-state index contributed by atoms with van der Waals surface area (Å²) in [6.07, 6.45) is 2.00. The molecule has 126 valence electrons.